The summed E-state index contributed by atoms with van der Waals surface area (Å²) in [5.41, 5.74) is 4.58. The van der Waals surface area contributed by atoms with Crippen LogP contribution in [0.2, 0.25) is 0 Å². The molecule has 7 heteroatoms. The minimum Gasteiger partial charge on any atom is -0.383 e. The normalized spacial score (nSPS) is 11.5. The van der Waals surface area contributed by atoms with Crippen LogP contribution in [0.3, 0.4) is 0 Å². The maximum atomic E-state index is 5.04. The van der Waals surface area contributed by atoms with Crippen molar-refractivity contribution in [3.63, 3.8) is 0 Å². The molecule has 0 radical (unpaired) electrons. The third kappa shape index (κ3) is 7.30. The quantitative estimate of drug-likeness (QED) is 0.339. The number of ether oxygens (including phenoxy) is 1. The van der Waals surface area contributed by atoms with Gasteiger partial charge in [0.2, 0.25) is 0 Å². The van der Waals surface area contributed by atoms with Gasteiger partial charge in [-0.2, -0.15) is 5.10 Å². The van der Waals surface area contributed by atoms with Gasteiger partial charge in [0, 0.05) is 51.7 Å². The van der Waals surface area contributed by atoms with E-state index >= 15 is 0 Å². The van der Waals surface area contributed by atoms with Crippen LogP contribution in [0, 0.1) is 13.8 Å². The van der Waals surface area contributed by atoms with Gasteiger partial charge in [0.25, 0.3) is 0 Å². The van der Waals surface area contributed by atoms with Gasteiger partial charge >= 0.3 is 0 Å². The van der Waals surface area contributed by atoms with E-state index in [9.17, 15) is 0 Å². The summed E-state index contributed by atoms with van der Waals surface area (Å²) in [6, 6.07) is 10.5. The number of nitrogens with one attached hydrogen (secondary N) is 3. The van der Waals surface area contributed by atoms with Crippen LogP contribution in [0.5, 0.6) is 0 Å². The van der Waals surface area contributed by atoms with Crippen molar-refractivity contribution in [2.45, 2.75) is 33.4 Å². The number of aliphatic imine (C=N–C) groups is 1. The molecule has 0 saturated heterocycles. The Morgan fingerprint density at radius 3 is 2.56 bits per heavy atom. The van der Waals surface area contributed by atoms with E-state index in [1.807, 2.05) is 6.92 Å². The Hall–Kier alpha value is -2.54. The molecule has 7 nitrogen and oxygen atoms in total. The summed E-state index contributed by atoms with van der Waals surface area (Å²) < 4.78 is 7.09. The van der Waals surface area contributed by atoms with Gasteiger partial charge < -0.3 is 20.7 Å². The molecule has 0 aliphatic carbocycles. The molecule has 27 heavy (non-hydrogen) atoms. The van der Waals surface area contributed by atoms with E-state index in [-0.39, 0.29) is 0 Å². The Bertz CT molecular complexity index is 708. The molecule has 1 aromatic carbocycles. The summed E-state index contributed by atoms with van der Waals surface area (Å²) in [7, 11) is 3.50. The summed E-state index contributed by atoms with van der Waals surface area (Å²) in [5, 5.41) is 14.5. The van der Waals surface area contributed by atoms with Gasteiger partial charge in [0.05, 0.1) is 12.3 Å². The Labute approximate surface area is 162 Å². The first-order valence-electron chi connectivity index (χ1n) is 9.39. The highest BCUT2D eigenvalue weighted by Gasteiger charge is 2.02. The maximum absolute atomic E-state index is 5.04. The number of hydrogen-bond acceptors (Lipinski definition) is 4. The van der Waals surface area contributed by atoms with Crippen molar-refractivity contribution < 1.29 is 4.74 Å². The van der Waals surface area contributed by atoms with Crippen LogP contribution in [0.1, 0.15) is 23.4 Å². The average molecular weight is 373 g/mol. The van der Waals surface area contributed by atoms with Crippen molar-refractivity contribution in [1.82, 2.24) is 20.4 Å². The van der Waals surface area contributed by atoms with E-state index in [1.54, 1.807) is 14.2 Å². The molecule has 0 atom stereocenters. The van der Waals surface area contributed by atoms with Crippen molar-refractivity contribution >= 4 is 11.6 Å². The van der Waals surface area contributed by atoms with Crippen LogP contribution in [0.15, 0.2) is 35.3 Å². The molecule has 0 spiro atoms. The molecule has 1 heterocycles. The van der Waals surface area contributed by atoms with Crippen molar-refractivity contribution in [1.29, 1.82) is 0 Å². The number of benzene rings is 1. The maximum Gasteiger partial charge on any atom is 0.191 e. The lowest BCUT2D eigenvalue weighted by Crippen LogP contribution is -2.37. The number of methoxy groups -OCH3 is 1. The van der Waals surface area contributed by atoms with Crippen LogP contribution in [-0.4, -0.2) is 49.6 Å². The van der Waals surface area contributed by atoms with E-state index in [4.69, 9.17) is 4.74 Å². The molecule has 148 valence electrons. The second-order valence-corrected chi connectivity index (χ2v) is 6.47. The van der Waals surface area contributed by atoms with E-state index in [2.05, 4.69) is 68.0 Å². The molecule has 1 aromatic heterocycles. The second kappa shape index (κ2) is 11.2. The van der Waals surface area contributed by atoms with Crippen LogP contribution in [-0.2, 0) is 17.8 Å². The molecular formula is C20H32N6O. The SMILES string of the molecule is CN=C(NCCCn1nc(C)cc1C)NCc1ccc(NCCOC)cc1. The summed E-state index contributed by atoms with van der Waals surface area (Å²) >= 11 is 0. The Balaban J connectivity index is 1.68. The fourth-order valence-electron chi connectivity index (χ4n) is 2.78. The Morgan fingerprint density at radius 1 is 1.15 bits per heavy atom. The van der Waals surface area contributed by atoms with Crippen molar-refractivity contribution in [3.05, 3.63) is 47.3 Å². The smallest absolute Gasteiger partial charge is 0.191 e. The standard InChI is InChI=1S/C20H32N6O/c1-16-14-17(2)26(25-16)12-5-10-23-20(21-3)24-15-18-6-8-19(9-7-18)22-11-13-27-4/h6-9,14,22H,5,10-13,15H2,1-4H3,(H2,21,23,24). The van der Waals surface area contributed by atoms with Crippen LogP contribution in [0.4, 0.5) is 5.69 Å². The predicted molar refractivity (Wildman–Crippen MR) is 111 cm³/mol. The van der Waals surface area contributed by atoms with E-state index < -0.39 is 0 Å². The van der Waals surface area contributed by atoms with Gasteiger partial charge in [-0.05, 0) is 44.0 Å². The first kappa shape index (κ1) is 20.8. The Kier molecular flexibility index (Phi) is 8.64. The minimum atomic E-state index is 0.699. The number of guanidine groups is 1. The number of aromatic nitrogens is 2. The van der Waals surface area contributed by atoms with Crippen LogP contribution < -0.4 is 16.0 Å². The summed E-state index contributed by atoms with van der Waals surface area (Å²) in [6.45, 7) is 8.10. The lowest BCUT2D eigenvalue weighted by molar-refractivity contribution is 0.211. The molecule has 0 unspecified atom stereocenters. The van der Waals surface area contributed by atoms with E-state index in [1.165, 1.54) is 11.3 Å². The van der Waals surface area contributed by atoms with Gasteiger partial charge in [-0.1, -0.05) is 12.1 Å². The number of aryl methyl sites for hydroxylation is 3. The molecule has 0 amide bonds. The minimum absolute atomic E-state index is 0.699. The van der Waals surface area contributed by atoms with E-state index in [0.717, 1.165) is 49.9 Å². The van der Waals surface area contributed by atoms with Gasteiger partial charge in [0.1, 0.15) is 0 Å². The number of hydrogen-bond donors (Lipinski definition) is 3. The van der Waals surface area contributed by atoms with Crippen LogP contribution >= 0.6 is 0 Å². The molecule has 0 bridgehead atoms. The summed E-state index contributed by atoms with van der Waals surface area (Å²) in [5.74, 6) is 0.811. The highest BCUT2D eigenvalue weighted by molar-refractivity contribution is 5.79. The zero-order chi connectivity index (χ0) is 19.5. The monoisotopic (exact) mass is 372 g/mol. The molecule has 0 saturated carbocycles. The largest absolute Gasteiger partial charge is 0.383 e. The average Bonchev–Trinajstić information content (AvgIpc) is 2.99. The lowest BCUT2D eigenvalue weighted by atomic mass is 10.2. The van der Waals surface area contributed by atoms with Gasteiger partial charge in [-0.3, -0.25) is 9.67 Å². The van der Waals surface area contributed by atoms with Crippen molar-refractivity contribution in [3.8, 4) is 0 Å². The molecule has 2 rings (SSSR count). The van der Waals surface area contributed by atoms with Gasteiger partial charge in [0.15, 0.2) is 5.96 Å². The molecule has 0 aliphatic rings. The highest BCUT2D eigenvalue weighted by Crippen LogP contribution is 2.09. The molecule has 0 aliphatic heterocycles. The van der Waals surface area contributed by atoms with Gasteiger partial charge in [-0.25, -0.2) is 0 Å². The molecule has 0 fully saturated rings. The first-order valence-corrected chi connectivity index (χ1v) is 9.39. The summed E-state index contributed by atoms with van der Waals surface area (Å²) in [4.78, 5) is 4.28. The third-order valence-electron chi connectivity index (χ3n) is 4.22. The highest BCUT2D eigenvalue weighted by atomic mass is 16.5. The predicted octanol–water partition coefficient (Wildman–Crippen LogP) is 2.31. The van der Waals surface area contributed by atoms with Gasteiger partial charge in [-0.15, -0.1) is 0 Å². The van der Waals surface area contributed by atoms with Crippen molar-refractivity contribution in [2.24, 2.45) is 4.99 Å². The zero-order valence-corrected chi connectivity index (χ0v) is 16.9. The lowest BCUT2D eigenvalue weighted by Gasteiger charge is -2.13. The van der Waals surface area contributed by atoms with Crippen LogP contribution in [0.25, 0.3) is 0 Å². The second-order valence-electron chi connectivity index (χ2n) is 6.47. The molecule has 2 aromatic rings. The molecular weight excluding hydrogens is 340 g/mol. The number of nitrogens with zero attached hydrogens (tertiary/aromatic N) is 3. The zero-order valence-electron chi connectivity index (χ0n) is 16.9. The molecule has 3 N–H and O–H groups in total. The Morgan fingerprint density at radius 2 is 1.93 bits per heavy atom. The summed E-state index contributed by atoms with van der Waals surface area (Å²) in [6.07, 6.45) is 0.991. The number of anilines is 1. The fourth-order valence-corrected chi connectivity index (χ4v) is 2.78. The fraction of sp³-hybridized carbons (Fsp3) is 0.500. The van der Waals surface area contributed by atoms with Crippen molar-refractivity contribution in [2.75, 3.05) is 39.2 Å². The first-order chi connectivity index (χ1) is 13.1. The number of rotatable bonds is 10. The van der Waals surface area contributed by atoms with E-state index in [0.29, 0.717) is 6.61 Å². The topological polar surface area (TPSA) is 75.5 Å². The third-order valence-corrected chi connectivity index (χ3v) is 4.22.